The number of rotatable bonds is 5. The molecule has 0 N–H and O–H groups in total. The van der Waals surface area contributed by atoms with Gasteiger partial charge < -0.3 is 4.79 Å². The van der Waals surface area contributed by atoms with Crippen molar-refractivity contribution in [3.8, 4) is 0 Å². The SMILES string of the molecule is CC(=O)CCC/C=C/C(=O)N1[C@@H]2C[C@H]3CC[C@]2(CS1(=O)=O)C3(C)C. The minimum atomic E-state index is -3.54. The third kappa shape index (κ3) is 2.45. The molecule has 5 nitrogen and oxygen atoms in total. The van der Waals surface area contributed by atoms with Crippen molar-refractivity contribution in [2.45, 2.75) is 65.3 Å². The van der Waals surface area contributed by atoms with Gasteiger partial charge in [0, 0.05) is 17.9 Å². The van der Waals surface area contributed by atoms with E-state index in [4.69, 9.17) is 0 Å². The number of carbonyl (C=O) groups is 2. The highest BCUT2D eigenvalue weighted by molar-refractivity contribution is 7.90. The number of amides is 1. The lowest BCUT2D eigenvalue weighted by Crippen LogP contribution is -2.43. The van der Waals surface area contributed by atoms with Gasteiger partial charge in [-0.25, -0.2) is 12.7 Å². The Hall–Kier alpha value is -1.17. The van der Waals surface area contributed by atoms with Gasteiger partial charge in [-0.05, 0) is 50.4 Å². The molecular weight excluding hydrogens is 326 g/mol. The van der Waals surface area contributed by atoms with Crippen molar-refractivity contribution in [2.24, 2.45) is 16.7 Å². The van der Waals surface area contributed by atoms with Gasteiger partial charge in [0.25, 0.3) is 5.91 Å². The number of hydrogen-bond acceptors (Lipinski definition) is 4. The van der Waals surface area contributed by atoms with E-state index in [-0.39, 0.29) is 28.4 Å². The minimum absolute atomic E-state index is 0.0228. The summed E-state index contributed by atoms with van der Waals surface area (Å²) in [7, 11) is -3.54. The second-order valence-corrected chi connectivity index (χ2v) is 10.1. The third-order valence-corrected chi connectivity index (χ3v) is 8.70. The summed E-state index contributed by atoms with van der Waals surface area (Å²) in [6.07, 6.45) is 7.65. The molecule has 2 saturated carbocycles. The second-order valence-electron chi connectivity index (χ2n) is 8.25. The summed E-state index contributed by atoms with van der Waals surface area (Å²) in [5, 5.41) is 0. The molecule has 1 aliphatic heterocycles. The van der Waals surface area contributed by atoms with Crippen molar-refractivity contribution in [3.63, 3.8) is 0 Å². The molecule has 24 heavy (non-hydrogen) atoms. The van der Waals surface area contributed by atoms with Crippen LogP contribution >= 0.6 is 0 Å². The molecule has 2 bridgehead atoms. The number of allylic oxidation sites excluding steroid dienone is 1. The van der Waals surface area contributed by atoms with Crippen LogP contribution in [0.3, 0.4) is 0 Å². The second kappa shape index (κ2) is 5.68. The van der Waals surface area contributed by atoms with Gasteiger partial charge in [-0.2, -0.15) is 0 Å². The summed E-state index contributed by atoms with van der Waals surface area (Å²) in [5.41, 5.74) is -0.292. The molecule has 3 atom stereocenters. The number of carbonyl (C=O) groups excluding carboxylic acids is 2. The molecule has 1 spiro atoms. The van der Waals surface area contributed by atoms with Crippen molar-refractivity contribution in [3.05, 3.63) is 12.2 Å². The first-order valence-corrected chi connectivity index (χ1v) is 10.4. The third-order valence-electron chi connectivity index (χ3n) is 6.79. The van der Waals surface area contributed by atoms with E-state index in [1.165, 1.54) is 10.4 Å². The smallest absolute Gasteiger partial charge is 0.259 e. The van der Waals surface area contributed by atoms with E-state index in [0.29, 0.717) is 25.2 Å². The molecule has 0 radical (unpaired) electrons. The standard InChI is InChI=1S/C18H27NO4S/c1-13(20)7-5-4-6-8-16(21)19-15-11-14-9-10-18(15,17(14,2)3)12-24(19,22)23/h6,8,14-15H,4-5,7,9-12H2,1-3H3/b8-6+/t14-,15-,18-/m1/s1. The van der Waals surface area contributed by atoms with Gasteiger partial charge >= 0.3 is 0 Å². The summed E-state index contributed by atoms with van der Waals surface area (Å²) in [6.45, 7) is 5.89. The van der Waals surface area contributed by atoms with Gasteiger partial charge in [0.15, 0.2) is 0 Å². The van der Waals surface area contributed by atoms with Gasteiger partial charge in [-0.1, -0.05) is 19.9 Å². The Bertz CT molecular complexity index is 694. The van der Waals surface area contributed by atoms with Crippen molar-refractivity contribution in [1.29, 1.82) is 0 Å². The first kappa shape index (κ1) is 17.6. The Kier molecular flexibility index (Phi) is 4.18. The number of unbranched alkanes of at least 4 members (excludes halogenated alkanes) is 1. The van der Waals surface area contributed by atoms with Crippen molar-refractivity contribution >= 4 is 21.7 Å². The summed E-state index contributed by atoms with van der Waals surface area (Å²) < 4.78 is 26.6. The largest absolute Gasteiger partial charge is 0.300 e. The number of sulfonamides is 1. The van der Waals surface area contributed by atoms with Crippen LogP contribution in [0.2, 0.25) is 0 Å². The topological polar surface area (TPSA) is 71.5 Å². The monoisotopic (exact) mass is 353 g/mol. The summed E-state index contributed by atoms with van der Waals surface area (Å²) in [5.74, 6) is 0.330. The van der Waals surface area contributed by atoms with Crippen LogP contribution in [0.4, 0.5) is 0 Å². The van der Waals surface area contributed by atoms with Gasteiger partial charge in [-0.15, -0.1) is 0 Å². The fourth-order valence-electron chi connectivity index (χ4n) is 5.31. The fourth-order valence-corrected chi connectivity index (χ4v) is 7.81. The van der Waals surface area contributed by atoms with Crippen LogP contribution in [0.1, 0.15) is 59.3 Å². The molecule has 6 heteroatoms. The fraction of sp³-hybridized carbons (Fsp3) is 0.778. The average molecular weight is 353 g/mol. The van der Waals surface area contributed by atoms with Crippen LogP contribution in [-0.2, 0) is 19.6 Å². The van der Waals surface area contributed by atoms with E-state index in [9.17, 15) is 18.0 Å². The number of hydrogen-bond donors (Lipinski definition) is 0. The van der Waals surface area contributed by atoms with Gasteiger partial charge in [0.2, 0.25) is 10.0 Å². The average Bonchev–Trinajstić information content (AvgIpc) is 2.93. The van der Waals surface area contributed by atoms with Crippen LogP contribution in [0.15, 0.2) is 12.2 Å². The Balaban J connectivity index is 1.75. The molecule has 1 saturated heterocycles. The first-order chi connectivity index (χ1) is 11.1. The molecular formula is C18H27NO4S. The van der Waals surface area contributed by atoms with Crippen LogP contribution in [0, 0.1) is 16.7 Å². The highest BCUT2D eigenvalue weighted by Crippen LogP contribution is 2.69. The lowest BCUT2D eigenvalue weighted by atomic mass is 9.69. The predicted octanol–water partition coefficient (Wildman–Crippen LogP) is 2.67. The predicted molar refractivity (Wildman–Crippen MR) is 91.6 cm³/mol. The van der Waals surface area contributed by atoms with E-state index < -0.39 is 15.9 Å². The maximum atomic E-state index is 12.7. The quantitative estimate of drug-likeness (QED) is 0.563. The van der Waals surface area contributed by atoms with Crippen LogP contribution in [-0.4, -0.2) is 36.2 Å². The Morgan fingerprint density at radius 2 is 2.00 bits per heavy atom. The molecule has 0 aromatic rings. The molecule has 3 fully saturated rings. The Morgan fingerprint density at radius 1 is 1.29 bits per heavy atom. The maximum absolute atomic E-state index is 12.7. The van der Waals surface area contributed by atoms with Gasteiger partial charge in [0.1, 0.15) is 5.78 Å². The molecule has 1 amide bonds. The van der Waals surface area contributed by atoms with Gasteiger partial charge in [0.05, 0.1) is 11.8 Å². The van der Waals surface area contributed by atoms with E-state index >= 15 is 0 Å². The van der Waals surface area contributed by atoms with Crippen LogP contribution in [0.25, 0.3) is 0 Å². The number of nitrogens with zero attached hydrogens (tertiary/aromatic N) is 1. The highest BCUT2D eigenvalue weighted by Gasteiger charge is 2.72. The molecule has 134 valence electrons. The Labute approximate surface area is 144 Å². The van der Waals surface area contributed by atoms with Gasteiger partial charge in [-0.3, -0.25) is 4.79 Å². The number of Topliss-reactive ketones (excluding diaryl/α,β-unsaturated/α-hetero) is 1. The van der Waals surface area contributed by atoms with Crippen LogP contribution in [0.5, 0.6) is 0 Å². The van der Waals surface area contributed by atoms with E-state index in [1.807, 2.05) is 0 Å². The molecule has 0 aromatic heterocycles. The van der Waals surface area contributed by atoms with Crippen molar-refractivity contribution in [2.75, 3.05) is 5.75 Å². The minimum Gasteiger partial charge on any atom is -0.300 e. The zero-order valence-electron chi connectivity index (χ0n) is 14.7. The molecule has 0 aromatic carbocycles. The molecule has 0 unspecified atom stereocenters. The first-order valence-electron chi connectivity index (χ1n) is 8.84. The Morgan fingerprint density at radius 3 is 2.62 bits per heavy atom. The molecule has 2 aliphatic carbocycles. The lowest BCUT2D eigenvalue weighted by Gasteiger charge is -2.36. The maximum Gasteiger partial charge on any atom is 0.259 e. The lowest BCUT2D eigenvalue weighted by molar-refractivity contribution is -0.124. The normalized spacial score (nSPS) is 35.5. The highest BCUT2D eigenvalue weighted by atomic mass is 32.2. The van der Waals surface area contributed by atoms with Crippen LogP contribution < -0.4 is 0 Å². The summed E-state index contributed by atoms with van der Waals surface area (Å²) in [4.78, 5) is 23.5. The molecule has 3 aliphatic rings. The zero-order chi connectivity index (χ0) is 17.8. The van der Waals surface area contributed by atoms with E-state index in [0.717, 1.165) is 19.3 Å². The zero-order valence-corrected chi connectivity index (χ0v) is 15.6. The molecule has 3 rings (SSSR count). The van der Waals surface area contributed by atoms with E-state index in [1.54, 1.807) is 13.0 Å². The summed E-state index contributed by atoms with van der Waals surface area (Å²) in [6, 6.07) is -0.175. The summed E-state index contributed by atoms with van der Waals surface area (Å²) >= 11 is 0. The van der Waals surface area contributed by atoms with E-state index in [2.05, 4.69) is 13.8 Å². The van der Waals surface area contributed by atoms with Crippen molar-refractivity contribution < 1.29 is 18.0 Å². The molecule has 1 heterocycles. The number of fused-ring (bicyclic) bond motifs is 1. The number of ketones is 1. The van der Waals surface area contributed by atoms with Crippen molar-refractivity contribution in [1.82, 2.24) is 4.31 Å².